The molecule has 2 aromatic rings. The van der Waals surface area contributed by atoms with Crippen molar-refractivity contribution in [3.63, 3.8) is 0 Å². The Morgan fingerprint density at radius 3 is 2.94 bits per heavy atom. The molecule has 0 unspecified atom stereocenters. The Kier molecular flexibility index (Phi) is 3.30. The molecule has 2 rings (SSSR count). The van der Waals surface area contributed by atoms with E-state index in [9.17, 15) is 0 Å². The lowest BCUT2D eigenvalue weighted by atomic mass is 10.3. The SMILES string of the molecule is C=C(Br)CSc1nnc2nc(C)cc(C)n12. The number of hydrogen-bond donors (Lipinski definition) is 0. The smallest absolute Gasteiger partial charge is 0.256 e. The van der Waals surface area contributed by atoms with Crippen molar-refractivity contribution >= 4 is 33.5 Å². The monoisotopic (exact) mass is 298 g/mol. The molecular formula is C10H11BrN4S. The van der Waals surface area contributed by atoms with Gasteiger partial charge in [0.1, 0.15) is 0 Å². The first-order chi connectivity index (χ1) is 7.58. The Balaban J connectivity index is 2.43. The lowest BCUT2D eigenvalue weighted by Crippen LogP contribution is -1.97. The Hall–Kier alpha value is -0.880. The predicted molar refractivity (Wildman–Crippen MR) is 69.0 cm³/mol. The molecule has 4 nitrogen and oxygen atoms in total. The summed E-state index contributed by atoms with van der Waals surface area (Å²) in [5, 5.41) is 9.02. The van der Waals surface area contributed by atoms with Crippen LogP contribution in [0.25, 0.3) is 5.78 Å². The molecule has 0 bridgehead atoms. The van der Waals surface area contributed by atoms with Gasteiger partial charge in [-0.1, -0.05) is 34.3 Å². The van der Waals surface area contributed by atoms with Crippen molar-refractivity contribution in [1.29, 1.82) is 0 Å². The van der Waals surface area contributed by atoms with E-state index in [1.165, 1.54) is 0 Å². The summed E-state index contributed by atoms with van der Waals surface area (Å²) in [5.74, 6) is 1.42. The van der Waals surface area contributed by atoms with E-state index in [1.807, 2.05) is 24.3 Å². The predicted octanol–water partition coefficient (Wildman–Crippen LogP) is 2.74. The summed E-state index contributed by atoms with van der Waals surface area (Å²) in [7, 11) is 0. The molecule has 0 saturated carbocycles. The van der Waals surface area contributed by atoms with Gasteiger partial charge in [-0.2, -0.15) is 0 Å². The van der Waals surface area contributed by atoms with Crippen LogP contribution >= 0.6 is 27.7 Å². The maximum Gasteiger partial charge on any atom is 0.256 e. The molecular weight excluding hydrogens is 288 g/mol. The summed E-state index contributed by atoms with van der Waals surface area (Å²) in [6.07, 6.45) is 0. The zero-order valence-corrected chi connectivity index (χ0v) is 11.5. The van der Waals surface area contributed by atoms with E-state index >= 15 is 0 Å². The van der Waals surface area contributed by atoms with Gasteiger partial charge in [0.05, 0.1) is 0 Å². The van der Waals surface area contributed by atoms with E-state index in [0.717, 1.165) is 26.8 Å². The van der Waals surface area contributed by atoms with Gasteiger partial charge >= 0.3 is 0 Å². The maximum absolute atomic E-state index is 4.33. The fourth-order valence-electron chi connectivity index (χ4n) is 1.44. The first kappa shape index (κ1) is 11.6. The van der Waals surface area contributed by atoms with Crippen LogP contribution in [0.3, 0.4) is 0 Å². The Morgan fingerprint density at radius 2 is 2.25 bits per heavy atom. The van der Waals surface area contributed by atoms with Crippen LogP contribution in [-0.2, 0) is 0 Å². The lowest BCUT2D eigenvalue weighted by Gasteiger charge is -2.03. The van der Waals surface area contributed by atoms with Crippen LogP contribution in [0.4, 0.5) is 0 Å². The van der Waals surface area contributed by atoms with Crippen LogP contribution < -0.4 is 0 Å². The Bertz CT molecular complexity index is 549. The van der Waals surface area contributed by atoms with Gasteiger partial charge in [-0.25, -0.2) is 4.98 Å². The average Bonchev–Trinajstić information content (AvgIpc) is 2.57. The van der Waals surface area contributed by atoms with Gasteiger partial charge in [0, 0.05) is 17.1 Å². The number of halogens is 1. The molecule has 84 valence electrons. The minimum atomic E-state index is 0.653. The van der Waals surface area contributed by atoms with Gasteiger partial charge in [0.2, 0.25) is 0 Å². The van der Waals surface area contributed by atoms with E-state index in [2.05, 4.69) is 37.7 Å². The zero-order chi connectivity index (χ0) is 11.7. The van der Waals surface area contributed by atoms with E-state index < -0.39 is 0 Å². The highest BCUT2D eigenvalue weighted by Gasteiger charge is 2.09. The molecule has 0 N–H and O–H groups in total. The summed E-state index contributed by atoms with van der Waals surface area (Å²) in [5.41, 5.74) is 2.05. The molecule has 0 fully saturated rings. The minimum absolute atomic E-state index is 0.653. The third kappa shape index (κ3) is 2.27. The molecule has 0 aliphatic carbocycles. The van der Waals surface area contributed by atoms with Crippen LogP contribution in [0, 0.1) is 13.8 Å². The second-order valence-corrected chi connectivity index (χ2v) is 5.53. The number of fused-ring (bicyclic) bond motifs is 1. The largest absolute Gasteiger partial charge is 0.259 e. The standard InChI is InChI=1S/C10H11BrN4S/c1-6(11)5-16-10-14-13-9-12-7(2)4-8(3)15(9)10/h4H,1,5H2,2-3H3. The number of thioether (sulfide) groups is 1. The van der Waals surface area contributed by atoms with Gasteiger partial charge in [-0.05, 0) is 24.4 Å². The highest BCUT2D eigenvalue weighted by atomic mass is 79.9. The quantitative estimate of drug-likeness (QED) is 0.817. The second kappa shape index (κ2) is 4.55. The van der Waals surface area contributed by atoms with Crippen LogP contribution in [0.2, 0.25) is 0 Å². The molecule has 0 aliphatic heterocycles. The van der Waals surface area contributed by atoms with Crippen molar-refractivity contribution in [2.24, 2.45) is 0 Å². The summed E-state index contributed by atoms with van der Waals surface area (Å²) in [6.45, 7) is 7.77. The van der Waals surface area contributed by atoms with Crippen molar-refractivity contribution in [2.45, 2.75) is 19.0 Å². The third-order valence-electron chi connectivity index (χ3n) is 2.02. The molecule has 0 aromatic carbocycles. The van der Waals surface area contributed by atoms with Gasteiger partial charge in [-0.3, -0.25) is 4.40 Å². The molecule has 2 heterocycles. The van der Waals surface area contributed by atoms with Gasteiger partial charge in [0.25, 0.3) is 5.78 Å². The first-order valence-electron chi connectivity index (χ1n) is 4.73. The average molecular weight is 299 g/mol. The van der Waals surface area contributed by atoms with Crippen LogP contribution in [-0.4, -0.2) is 25.3 Å². The molecule has 0 radical (unpaired) electrons. The Labute approximate surface area is 106 Å². The number of aromatic nitrogens is 4. The fourth-order valence-corrected chi connectivity index (χ4v) is 2.52. The highest BCUT2D eigenvalue weighted by Crippen LogP contribution is 2.21. The molecule has 0 spiro atoms. The molecule has 16 heavy (non-hydrogen) atoms. The molecule has 6 heteroatoms. The Morgan fingerprint density at radius 1 is 1.50 bits per heavy atom. The molecule has 0 saturated heterocycles. The summed E-state index contributed by atoms with van der Waals surface area (Å²) < 4.78 is 2.89. The van der Waals surface area contributed by atoms with Gasteiger partial charge in [0.15, 0.2) is 5.16 Å². The van der Waals surface area contributed by atoms with Crippen LogP contribution in [0.5, 0.6) is 0 Å². The molecule has 0 aliphatic rings. The topological polar surface area (TPSA) is 43.1 Å². The van der Waals surface area contributed by atoms with E-state index in [0.29, 0.717) is 5.78 Å². The first-order valence-corrected chi connectivity index (χ1v) is 6.51. The third-order valence-corrected chi connectivity index (χ3v) is 3.69. The lowest BCUT2D eigenvalue weighted by molar-refractivity contribution is 0.887. The summed E-state index contributed by atoms with van der Waals surface area (Å²) in [6, 6.07) is 2.02. The van der Waals surface area contributed by atoms with Crippen molar-refractivity contribution in [1.82, 2.24) is 19.6 Å². The zero-order valence-electron chi connectivity index (χ0n) is 9.07. The van der Waals surface area contributed by atoms with Crippen molar-refractivity contribution in [3.05, 3.63) is 28.5 Å². The minimum Gasteiger partial charge on any atom is -0.259 e. The number of hydrogen-bond acceptors (Lipinski definition) is 4. The normalized spacial score (nSPS) is 10.9. The molecule has 0 atom stereocenters. The molecule has 0 amide bonds. The van der Waals surface area contributed by atoms with E-state index in [1.54, 1.807) is 11.8 Å². The number of rotatable bonds is 3. The van der Waals surface area contributed by atoms with Gasteiger partial charge < -0.3 is 0 Å². The van der Waals surface area contributed by atoms with Crippen molar-refractivity contribution < 1.29 is 0 Å². The van der Waals surface area contributed by atoms with Crippen molar-refractivity contribution in [3.8, 4) is 0 Å². The maximum atomic E-state index is 4.33. The van der Waals surface area contributed by atoms with E-state index in [-0.39, 0.29) is 0 Å². The van der Waals surface area contributed by atoms with Crippen LogP contribution in [0.1, 0.15) is 11.4 Å². The van der Waals surface area contributed by atoms with Crippen molar-refractivity contribution in [2.75, 3.05) is 5.75 Å². The summed E-state index contributed by atoms with van der Waals surface area (Å²) >= 11 is 4.91. The van der Waals surface area contributed by atoms with E-state index in [4.69, 9.17) is 0 Å². The fraction of sp³-hybridized carbons (Fsp3) is 0.300. The number of aryl methyl sites for hydroxylation is 2. The highest BCUT2D eigenvalue weighted by molar-refractivity contribution is 9.11. The van der Waals surface area contributed by atoms with Crippen LogP contribution in [0.15, 0.2) is 22.3 Å². The van der Waals surface area contributed by atoms with Gasteiger partial charge in [-0.15, -0.1) is 10.2 Å². The molecule has 2 aromatic heterocycles. The second-order valence-electron chi connectivity index (χ2n) is 3.46. The number of nitrogens with zero attached hydrogens (tertiary/aromatic N) is 4. The summed E-state index contributed by atoms with van der Waals surface area (Å²) in [4.78, 5) is 4.33.